The van der Waals surface area contributed by atoms with Gasteiger partial charge < -0.3 is 4.74 Å². The largest absolute Gasteiger partial charge is 0.481 e. The summed E-state index contributed by atoms with van der Waals surface area (Å²) in [6.07, 6.45) is 3.59. The van der Waals surface area contributed by atoms with Crippen molar-refractivity contribution in [2.75, 3.05) is 7.11 Å². The Hall–Kier alpha value is -1.96. The molecule has 106 valence electrons. The number of hydrogen-bond acceptors (Lipinski definition) is 6. The molecule has 2 heterocycles. The van der Waals surface area contributed by atoms with Crippen LogP contribution in [0.15, 0.2) is 23.5 Å². The lowest BCUT2D eigenvalue weighted by atomic mass is 10.3. The van der Waals surface area contributed by atoms with Gasteiger partial charge in [-0.3, -0.25) is 5.10 Å². The lowest BCUT2D eigenvalue weighted by Crippen LogP contribution is -2.07. The molecule has 7 nitrogen and oxygen atoms in total. The van der Waals surface area contributed by atoms with Crippen LogP contribution in [0.1, 0.15) is 30.1 Å². The normalized spacial score (nSPS) is 15.2. The molecule has 1 aliphatic rings. The summed E-state index contributed by atoms with van der Waals surface area (Å²) in [7, 11) is -2.08. The number of methoxy groups -OCH3 is 1. The van der Waals surface area contributed by atoms with Gasteiger partial charge in [-0.15, -0.1) is 5.10 Å². The molecular formula is C12H14N4O3S. The highest BCUT2D eigenvalue weighted by molar-refractivity contribution is 7.90. The summed E-state index contributed by atoms with van der Waals surface area (Å²) in [5.41, 5.74) is 0.592. The Kier molecular flexibility index (Phi) is 3.17. The van der Waals surface area contributed by atoms with E-state index >= 15 is 0 Å². The molecule has 0 radical (unpaired) electrons. The van der Waals surface area contributed by atoms with E-state index in [4.69, 9.17) is 4.74 Å². The SMILES string of the molecule is COc1cc(CS(=O)(=O)c2n[nH]c(C3CC3)n2)ccn1. The minimum Gasteiger partial charge on any atom is -0.481 e. The van der Waals surface area contributed by atoms with Crippen LogP contribution in [-0.2, 0) is 15.6 Å². The zero-order chi connectivity index (χ0) is 14.2. The molecule has 0 atom stereocenters. The van der Waals surface area contributed by atoms with Gasteiger partial charge in [0.1, 0.15) is 5.82 Å². The minimum atomic E-state index is -3.56. The fraction of sp³-hybridized carbons (Fsp3) is 0.417. The van der Waals surface area contributed by atoms with Crippen molar-refractivity contribution in [2.45, 2.75) is 29.7 Å². The summed E-state index contributed by atoms with van der Waals surface area (Å²) in [4.78, 5) is 8.02. The Morgan fingerprint density at radius 3 is 2.95 bits per heavy atom. The second-order valence-electron chi connectivity index (χ2n) is 4.74. The average molecular weight is 294 g/mol. The molecule has 0 aromatic carbocycles. The first-order chi connectivity index (χ1) is 9.58. The van der Waals surface area contributed by atoms with Crippen LogP contribution in [0.2, 0.25) is 0 Å². The van der Waals surface area contributed by atoms with E-state index in [0.717, 1.165) is 12.8 Å². The van der Waals surface area contributed by atoms with Crippen LogP contribution in [0, 0.1) is 0 Å². The highest BCUT2D eigenvalue weighted by Gasteiger charge is 2.29. The highest BCUT2D eigenvalue weighted by atomic mass is 32.2. The summed E-state index contributed by atoms with van der Waals surface area (Å²) in [6, 6.07) is 3.22. The number of aromatic amines is 1. The van der Waals surface area contributed by atoms with Crippen molar-refractivity contribution in [1.82, 2.24) is 20.2 Å². The fourth-order valence-corrected chi connectivity index (χ4v) is 3.04. The maximum atomic E-state index is 12.3. The van der Waals surface area contributed by atoms with Gasteiger partial charge in [0.25, 0.3) is 5.16 Å². The van der Waals surface area contributed by atoms with Gasteiger partial charge >= 0.3 is 0 Å². The number of nitrogens with one attached hydrogen (secondary N) is 1. The lowest BCUT2D eigenvalue weighted by molar-refractivity contribution is 0.397. The first-order valence-electron chi connectivity index (χ1n) is 6.22. The van der Waals surface area contributed by atoms with Gasteiger partial charge in [-0.1, -0.05) is 0 Å². The number of ether oxygens (including phenoxy) is 1. The number of H-pyrrole nitrogens is 1. The number of pyridine rings is 1. The summed E-state index contributed by atoms with van der Waals surface area (Å²) < 4.78 is 29.5. The standard InChI is InChI=1S/C12H14N4O3S/c1-19-10-6-8(4-5-13-10)7-20(17,18)12-14-11(15-16-12)9-2-3-9/h4-6,9H,2-3,7H2,1H3,(H,14,15,16). The Labute approximate surface area is 116 Å². The summed E-state index contributed by atoms with van der Waals surface area (Å²) in [5, 5.41) is 6.38. The summed E-state index contributed by atoms with van der Waals surface area (Å²) in [6.45, 7) is 0. The molecule has 1 saturated carbocycles. The molecule has 8 heteroatoms. The Bertz CT molecular complexity index is 722. The number of hydrogen-bond donors (Lipinski definition) is 1. The van der Waals surface area contributed by atoms with Crippen molar-refractivity contribution in [3.63, 3.8) is 0 Å². The van der Waals surface area contributed by atoms with Crippen LogP contribution >= 0.6 is 0 Å². The number of aromatic nitrogens is 4. The second-order valence-corrected chi connectivity index (χ2v) is 6.63. The van der Waals surface area contributed by atoms with Crippen molar-refractivity contribution in [2.24, 2.45) is 0 Å². The monoisotopic (exact) mass is 294 g/mol. The van der Waals surface area contributed by atoms with E-state index in [1.807, 2.05) is 0 Å². The molecule has 1 aliphatic carbocycles. The van der Waals surface area contributed by atoms with Gasteiger partial charge in [0.05, 0.1) is 12.9 Å². The molecule has 0 aliphatic heterocycles. The maximum absolute atomic E-state index is 12.3. The second kappa shape index (κ2) is 4.86. The Morgan fingerprint density at radius 2 is 2.25 bits per heavy atom. The van der Waals surface area contributed by atoms with Crippen molar-refractivity contribution < 1.29 is 13.2 Å². The van der Waals surface area contributed by atoms with Gasteiger partial charge in [-0.05, 0) is 24.5 Å². The van der Waals surface area contributed by atoms with E-state index < -0.39 is 9.84 Å². The fourth-order valence-electron chi connectivity index (χ4n) is 1.87. The predicted octanol–water partition coefficient (Wildman–Crippen LogP) is 1.06. The van der Waals surface area contributed by atoms with Crippen molar-refractivity contribution >= 4 is 9.84 Å². The topological polar surface area (TPSA) is 97.8 Å². The van der Waals surface area contributed by atoms with Crippen LogP contribution in [0.4, 0.5) is 0 Å². The van der Waals surface area contributed by atoms with E-state index in [1.165, 1.54) is 13.3 Å². The summed E-state index contributed by atoms with van der Waals surface area (Å²) >= 11 is 0. The van der Waals surface area contributed by atoms with E-state index in [9.17, 15) is 8.42 Å². The first kappa shape index (κ1) is 13.0. The van der Waals surface area contributed by atoms with Crippen molar-refractivity contribution in [1.29, 1.82) is 0 Å². The molecule has 0 bridgehead atoms. The van der Waals surface area contributed by atoms with Gasteiger partial charge in [-0.25, -0.2) is 18.4 Å². The molecule has 20 heavy (non-hydrogen) atoms. The lowest BCUT2D eigenvalue weighted by Gasteiger charge is -2.02. The molecule has 1 N–H and O–H groups in total. The average Bonchev–Trinajstić information content (AvgIpc) is 3.15. The van der Waals surface area contributed by atoms with Gasteiger partial charge in [0, 0.05) is 18.2 Å². The third-order valence-corrected chi connectivity index (χ3v) is 4.54. The molecule has 3 rings (SSSR count). The van der Waals surface area contributed by atoms with Crippen LogP contribution in [0.3, 0.4) is 0 Å². The number of sulfone groups is 1. The molecule has 0 spiro atoms. The van der Waals surface area contributed by atoms with E-state index in [1.54, 1.807) is 12.1 Å². The summed E-state index contributed by atoms with van der Waals surface area (Å²) in [5.74, 6) is 1.21. The molecule has 1 fully saturated rings. The molecule has 0 unspecified atom stereocenters. The molecule has 0 amide bonds. The zero-order valence-electron chi connectivity index (χ0n) is 10.9. The van der Waals surface area contributed by atoms with E-state index in [0.29, 0.717) is 23.2 Å². The quantitative estimate of drug-likeness (QED) is 0.885. The van der Waals surface area contributed by atoms with Crippen LogP contribution in [-0.4, -0.2) is 35.7 Å². The smallest absolute Gasteiger partial charge is 0.267 e. The Balaban J connectivity index is 1.83. The maximum Gasteiger partial charge on any atom is 0.267 e. The number of rotatable bonds is 5. The van der Waals surface area contributed by atoms with Gasteiger partial charge in [0.2, 0.25) is 15.7 Å². The molecular weight excluding hydrogens is 280 g/mol. The molecule has 2 aromatic heterocycles. The van der Waals surface area contributed by atoms with E-state index in [-0.39, 0.29) is 10.9 Å². The third kappa shape index (κ3) is 2.64. The zero-order valence-corrected chi connectivity index (χ0v) is 11.7. The van der Waals surface area contributed by atoms with Crippen LogP contribution < -0.4 is 4.74 Å². The van der Waals surface area contributed by atoms with E-state index in [2.05, 4.69) is 20.2 Å². The third-order valence-electron chi connectivity index (χ3n) is 3.09. The predicted molar refractivity (Wildman–Crippen MR) is 70.0 cm³/mol. The van der Waals surface area contributed by atoms with Crippen LogP contribution in [0.25, 0.3) is 0 Å². The highest BCUT2D eigenvalue weighted by Crippen LogP contribution is 2.38. The van der Waals surface area contributed by atoms with Gasteiger partial charge in [0.15, 0.2) is 0 Å². The molecule has 2 aromatic rings. The first-order valence-corrected chi connectivity index (χ1v) is 7.88. The van der Waals surface area contributed by atoms with Crippen molar-refractivity contribution in [3.8, 4) is 5.88 Å². The van der Waals surface area contributed by atoms with Gasteiger partial charge in [-0.2, -0.15) is 0 Å². The Morgan fingerprint density at radius 1 is 1.45 bits per heavy atom. The van der Waals surface area contributed by atoms with Crippen molar-refractivity contribution in [3.05, 3.63) is 29.7 Å². The molecule has 0 saturated heterocycles. The number of nitrogens with zero attached hydrogens (tertiary/aromatic N) is 3. The minimum absolute atomic E-state index is 0.143. The van der Waals surface area contributed by atoms with Crippen LogP contribution in [0.5, 0.6) is 5.88 Å².